The van der Waals surface area contributed by atoms with Crippen LogP contribution in [0.3, 0.4) is 0 Å². The smallest absolute Gasteiger partial charge is 0.298 e. The Balaban J connectivity index is 1.45. The molecule has 2 unspecified atom stereocenters. The summed E-state index contributed by atoms with van der Waals surface area (Å²) in [5, 5.41) is 0. The maximum Gasteiger partial charge on any atom is 0.416 e. The lowest BCUT2D eigenvalue weighted by Crippen LogP contribution is -2.63. The third-order valence-electron chi connectivity index (χ3n) is 8.05. The zero-order chi connectivity index (χ0) is 23.5. The van der Waals surface area contributed by atoms with Gasteiger partial charge in [0.1, 0.15) is 0 Å². The van der Waals surface area contributed by atoms with Crippen molar-refractivity contribution in [2.24, 2.45) is 0 Å². The van der Waals surface area contributed by atoms with Crippen LogP contribution in [0, 0.1) is 0 Å². The second kappa shape index (κ2) is 8.10. The Kier molecular flexibility index (Phi) is 6.00. The van der Waals surface area contributed by atoms with Crippen LogP contribution < -0.4 is 0 Å². The van der Waals surface area contributed by atoms with Crippen LogP contribution in [0.2, 0.25) is 0 Å². The summed E-state index contributed by atoms with van der Waals surface area (Å²) in [6, 6.07) is 3.81. The van der Waals surface area contributed by atoms with E-state index < -0.39 is 11.7 Å². The van der Waals surface area contributed by atoms with E-state index >= 15 is 0 Å². The third kappa shape index (κ3) is 4.36. The van der Waals surface area contributed by atoms with Crippen molar-refractivity contribution in [3.8, 4) is 0 Å². The summed E-state index contributed by atoms with van der Waals surface area (Å²) < 4.78 is 39.3. The molecule has 1 aliphatic carbocycles. The summed E-state index contributed by atoms with van der Waals surface area (Å²) in [5.74, 6) is -0.174. The number of halogens is 3. The zero-order valence-corrected chi connectivity index (χ0v) is 19.9. The molecule has 1 aromatic rings. The van der Waals surface area contributed by atoms with Crippen molar-refractivity contribution in [3.63, 3.8) is 0 Å². The molecule has 4 nitrogen and oxygen atoms in total. The van der Waals surface area contributed by atoms with Gasteiger partial charge in [-0.2, -0.15) is 13.2 Å². The Bertz CT molecular complexity index is 868. The fourth-order valence-corrected chi connectivity index (χ4v) is 5.86. The number of piperazine rings is 1. The van der Waals surface area contributed by atoms with E-state index in [2.05, 4.69) is 49.3 Å². The third-order valence-corrected chi connectivity index (χ3v) is 8.05. The van der Waals surface area contributed by atoms with Gasteiger partial charge in [0.15, 0.2) is 5.78 Å². The first-order chi connectivity index (χ1) is 14.8. The van der Waals surface area contributed by atoms with Gasteiger partial charge in [0.25, 0.3) is 0 Å². The number of ketones is 1. The van der Waals surface area contributed by atoms with E-state index in [1.807, 2.05) is 0 Å². The highest BCUT2D eigenvalue weighted by atomic mass is 19.4. The standard InChI is InChI=1S/C25H36F3N3O/c1-17-16-30(24(5)8-10-29(11-9-24)23(2,3)4)12-13-31(17)21-15-22(32)20-14-18(25(26,27)28)6-7-19(20)21/h6-7,14,17,21H,8-13,15-16H2,1-5H3. The molecule has 0 bridgehead atoms. The van der Waals surface area contributed by atoms with Gasteiger partial charge in [-0.3, -0.25) is 19.5 Å². The summed E-state index contributed by atoms with van der Waals surface area (Å²) in [6.07, 6.45) is -1.87. The maximum absolute atomic E-state index is 13.1. The number of likely N-dealkylation sites (tertiary alicyclic amines) is 1. The molecule has 0 N–H and O–H groups in total. The van der Waals surface area contributed by atoms with Gasteiger partial charge in [0.05, 0.1) is 5.56 Å². The normalized spacial score (nSPS) is 28.2. The van der Waals surface area contributed by atoms with E-state index in [4.69, 9.17) is 0 Å². The van der Waals surface area contributed by atoms with Gasteiger partial charge in [-0.1, -0.05) is 6.07 Å². The molecule has 7 heteroatoms. The van der Waals surface area contributed by atoms with E-state index in [0.717, 1.165) is 63.3 Å². The van der Waals surface area contributed by atoms with E-state index in [-0.39, 0.29) is 40.9 Å². The van der Waals surface area contributed by atoms with E-state index in [1.54, 1.807) is 0 Å². The Morgan fingerprint density at radius 3 is 2.25 bits per heavy atom. The number of rotatable bonds is 2. The molecule has 0 aromatic heterocycles. The van der Waals surface area contributed by atoms with Crippen LogP contribution in [0.4, 0.5) is 13.2 Å². The second-order valence-electron chi connectivity index (χ2n) is 11.1. The van der Waals surface area contributed by atoms with Crippen LogP contribution in [0.15, 0.2) is 18.2 Å². The second-order valence-corrected chi connectivity index (χ2v) is 11.1. The van der Waals surface area contributed by atoms with Crippen molar-refractivity contribution in [2.75, 3.05) is 32.7 Å². The van der Waals surface area contributed by atoms with Crippen molar-refractivity contribution in [3.05, 3.63) is 34.9 Å². The van der Waals surface area contributed by atoms with Crippen molar-refractivity contribution < 1.29 is 18.0 Å². The summed E-state index contributed by atoms with van der Waals surface area (Å²) >= 11 is 0. The number of piperidine rings is 1. The average Bonchev–Trinajstić information content (AvgIpc) is 3.03. The molecule has 2 fully saturated rings. The molecule has 3 aliphatic rings. The number of alkyl halides is 3. The zero-order valence-electron chi connectivity index (χ0n) is 19.9. The first kappa shape index (κ1) is 23.7. The Morgan fingerprint density at radius 1 is 1.03 bits per heavy atom. The number of carbonyl (C=O) groups is 1. The minimum atomic E-state index is -4.43. The highest BCUT2D eigenvalue weighted by Gasteiger charge is 2.44. The van der Waals surface area contributed by atoms with Gasteiger partial charge >= 0.3 is 6.18 Å². The molecule has 2 atom stereocenters. The molecule has 2 heterocycles. The molecule has 1 aromatic carbocycles. The first-order valence-corrected chi connectivity index (χ1v) is 11.8. The average molecular weight is 452 g/mol. The molecule has 2 saturated heterocycles. The van der Waals surface area contributed by atoms with Gasteiger partial charge < -0.3 is 0 Å². The molecule has 178 valence electrons. The van der Waals surface area contributed by atoms with Crippen molar-refractivity contribution in [1.82, 2.24) is 14.7 Å². The molecule has 32 heavy (non-hydrogen) atoms. The van der Waals surface area contributed by atoms with E-state index in [9.17, 15) is 18.0 Å². The predicted octanol–water partition coefficient (Wildman–Crippen LogP) is 4.99. The highest BCUT2D eigenvalue weighted by Crippen LogP contribution is 2.41. The lowest BCUT2D eigenvalue weighted by molar-refractivity contribution is -0.137. The topological polar surface area (TPSA) is 26.8 Å². The van der Waals surface area contributed by atoms with Crippen LogP contribution in [-0.2, 0) is 6.18 Å². The largest absolute Gasteiger partial charge is 0.416 e. The van der Waals surface area contributed by atoms with Crippen molar-refractivity contribution in [1.29, 1.82) is 0 Å². The monoisotopic (exact) mass is 451 g/mol. The number of hydrogen-bond donors (Lipinski definition) is 0. The van der Waals surface area contributed by atoms with Crippen LogP contribution in [0.1, 0.15) is 81.4 Å². The summed E-state index contributed by atoms with van der Waals surface area (Å²) in [4.78, 5) is 20.1. The van der Waals surface area contributed by atoms with Gasteiger partial charge in [-0.25, -0.2) is 0 Å². The highest BCUT2D eigenvalue weighted by molar-refractivity contribution is 6.01. The summed E-state index contributed by atoms with van der Waals surface area (Å²) in [6.45, 7) is 16.3. The lowest BCUT2D eigenvalue weighted by atomic mass is 9.84. The molecular weight excluding hydrogens is 415 g/mol. The number of carbonyl (C=O) groups excluding carboxylic acids is 1. The summed E-state index contributed by atoms with van der Waals surface area (Å²) in [7, 11) is 0. The SMILES string of the molecule is CC1CN(C2(C)CCN(C(C)(C)C)CC2)CCN1C1CC(=O)c2cc(C(F)(F)F)ccc21. The molecule has 4 rings (SSSR count). The molecule has 0 radical (unpaired) electrons. The lowest BCUT2D eigenvalue weighted by Gasteiger charge is -2.54. The molecule has 2 aliphatic heterocycles. The Hall–Kier alpha value is -1.44. The maximum atomic E-state index is 13.1. The van der Waals surface area contributed by atoms with Crippen molar-refractivity contribution >= 4 is 5.78 Å². The van der Waals surface area contributed by atoms with Gasteiger partial charge in [-0.05, 0) is 65.2 Å². The van der Waals surface area contributed by atoms with Gasteiger partial charge in [0, 0.05) is 67.9 Å². The van der Waals surface area contributed by atoms with Gasteiger partial charge in [-0.15, -0.1) is 0 Å². The summed E-state index contributed by atoms with van der Waals surface area (Å²) in [5.41, 5.74) is 0.640. The quantitative estimate of drug-likeness (QED) is 0.633. The first-order valence-electron chi connectivity index (χ1n) is 11.8. The van der Waals surface area contributed by atoms with Crippen LogP contribution in [0.25, 0.3) is 0 Å². The fraction of sp³-hybridized carbons (Fsp3) is 0.720. The molecule has 0 amide bonds. The fourth-order valence-electron chi connectivity index (χ4n) is 5.86. The van der Waals surface area contributed by atoms with Crippen LogP contribution in [0.5, 0.6) is 0 Å². The van der Waals surface area contributed by atoms with Crippen LogP contribution in [-0.4, -0.2) is 70.3 Å². The minimum Gasteiger partial charge on any atom is -0.298 e. The Morgan fingerprint density at radius 2 is 1.69 bits per heavy atom. The molecule has 0 spiro atoms. The Labute approximate surface area is 189 Å². The van der Waals surface area contributed by atoms with Crippen molar-refractivity contribution in [2.45, 2.75) is 83.2 Å². The molecule has 0 saturated carbocycles. The minimum absolute atomic E-state index is 0.118. The number of nitrogens with zero attached hydrogens (tertiary/aromatic N) is 3. The van der Waals surface area contributed by atoms with Gasteiger partial charge in [0.2, 0.25) is 0 Å². The van der Waals surface area contributed by atoms with E-state index in [1.165, 1.54) is 6.07 Å². The number of benzene rings is 1. The number of Topliss-reactive ketones (excluding diaryl/α,β-unsaturated/α-hetero) is 1. The molecular formula is C25H36F3N3O. The number of hydrogen-bond acceptors (Lipinski definition) is 4. The van der Waals surface area contributed by atoms with E-state index in [0.29, 0.717) is 0 Å². The predicted molar refractivity (Wildman–Crippen MR) is 120 cm³/mol. The number of fused-ring (bicyclic) bond motifs is 1. The van der Waals surface area contributed by atoms with Crippen LogP contribution >= 0.6 is 0 Å².